The fourth-order valence-electron chi connectivity index (χ4n) is 4.63. The van der Waals surface area contributed by atoms with Crippen molar-refractivity contribution >= 4 is 46.5 Å². The smallest absolute Gasteiger partial charge is 0.256 e. The highest BCUT2D eigenvalue weighted by molar-refractivity contribution is 7.98. The molecule has 5 rings (SSSR count). The van der Waals surface area contributed by atoms with Crippen LogP contribution in [-0.4, -0.2) is 54.6 Å². The average molecular weight is 508 g/mol. The predicted molar refractivity (Wildman–Crippen MR) is 138 cm³/mol. The fraction of sp³-hybridized carbons (Fsp3) is 0.269. The molecule has 35 heavy (non-hydrogen) atoms. The number of rotatable bonds is 5. The molecule has 2 aliphatic rings. The standard InChI is InChI=1S/C26H25N3O4S2/c1-33-22-14-17(34-2)6-7-18(22)24(30)27-16-9-10-29-21(13-16)25(31)28-20-8-5-15(12-19(20)26(29)32)23-4-3-11-35-23/h3-8,11-12,14,16,21H,9-10,13H2,1-2H3,(H,27,30)(H,28,31)/t16-,21+/m1/s1. The highest BCUT2D eigenvalue weighted by atomic mass is 32.2. The van der Waals surface area contributed by atoms with Gasteiger partial charge in [-0.05, 0) is 66.4 Å². The van der Waals surface area contributed by atoms with Crippen molar-refractivity contribution in [1.82, 2.24) is 10.2 Å². The lowest BCUT2D eigenvalue weighted by atomic mass is 9.95. The molecule has 3 heterocycles. The summed E-state index contributed by atoms with van der Waals surface area (Å²) in [6, 6.07) is 14.1. The highest BCUT2D eigenvalue weighted by Crippen LogP contribution is 2.33. The molecule has 0 unspecified atom stereocenters. The summed E-state index contributed by atoms with van der Waals surface area (Å²) in [5, 5.41) is 7.96. The summed E-state index contributed by atoms with van der Waals surface area (Å²) in [5.41, 5.74) is 2.41. The number of thioether (sulfide) groups is 1. The molecule has 0 saturated carbocycles. The van der Waals surface area contributed by atoms with Gasteiger partial charge in [0.2, 0.25) is 5.91 Å². The molecular weight excluding hydrogens is 482 g/mol. The summed E-state index contributed by atoms with van der Waals surface area (Å²) in [7, 11) is 1.54. The number of hydrogen-bond donors (Lipinski definition) is 2. The van der Waals surface area contributed by atoms with E-state index >= 15 is 0 Å². The quantitative estimate of drug-likeness (QED) is 0.497. The van der Waals surface area contributed by atoms with Gasteiger partial charge < -0.3 is 20.3 Å². The van der Waals surface area contributed by atoms with Crippen molar-refractivity contribution in [2.24, 2.45) is 0 Å². The molecule has 3 aromatic rings. The number of thiophene rings is 1. The zero-order chi connectivity index (χ0) is 24.5. The monoisotopic (exact) mass is 507 g/mol. The molecule has 2 atom stereocenters. The first-order valence-electron chi connectivity index (χ1n) is 11.3. The molecule has 0 bridgehead atoms. The maximum Gasteiger partial charge on any atom is 0.256 e. The van der Waals surface area contributed by atoms with Gasteiger partial charge in [0.25, 0.3) is 11.8 Å². The van der Waals surface area contributed by atoms with Gasteiger partial charge in [-0.25, -0.2) is 0 Å². The molecule has 1 saturated heterocycles. The van der Waals surface area contributed by atoms with Crippen LogP contribution in [0.1, 0.15) is 33.6 Å². The van der Waals surface area contributed by atoms with Gasteiger partial charge in [-0.2, -0.15) is 0 Å². The summed E-state index contributed by atoms with van der Waals surface area (Å²) >= 11 is 3.17. The average Bonchev–Trinajstić information content (AvgIpc) is 3.40. The van der Waals surface area contributed by atoms with E-state index in [2.05, 4.69) is 10.6 Å². The zero-order valence-corrected chi connectivity index (χ0v) is 21.0. The van der Waals surface area contributed by atoms with Crippen LogP contribution >= 0.6 is 23.1 Å². The van der Waals surface area contributed by atoms with E-state index in [9.17, 15) is 14.4 Å². The Balaban J connectivity index is 1.34. The Morgan fingerprint density at radius 3 is 2.80 bits per heavy atom. The summed E-state index contributed by atoms with van der Waals surface area (Å²) in [6.45, 7) is 0.382. The third kappa shape index (κ3) is 4.53. The first kappa shape index (κ1) is 23.4. The van der Waals surface area contributed by atoms with Gasteiger partial charge in [0.1, 0.15) is 11.8 Å². The minimum absolute atomic E-state index is 0.166. The SMILES string of the molecule is COc1cc(SC)ccc1C(=O)N[C@@H]1CCN2C(=O)c3cc(-c4cccs4)ccc3NC(=O)[C@@H]2C1. The molecule has 1 aromatic heterocycles. The lowest BCUT2D eigenvalue weighted by Gasteiger charge is -2.37. The van der Waals surface area contributed by atoms with E-state index in [4.69, 9.17) is 4.74 Å². The Bertz CT molecular complexity index is 1290. The van der Waals surface area contributed by atoms with E-state index in [0.717, 1.165) is 15.3 Å². The van der Waals surface area contributed by atoms with E-state index in [1.807, 2.05) is 48.0 Å². The van der Waals surface area contributed by atoms with Gasteiger partial charge >= 0.3 is 0 Å². The van der Waals surface area contributed by atoms with Crippen LogP contribution in [0.3, 0.4) is 0 Å². The Morgan fingerprint density at radius 1 is 1.20 bits per heavy atom. The number of hydrogen-bond acceptors (Lipinski definition) is 6. The van der Waals surface area contributed by atoms with E-state index in [1.54, 1.807) is 40.1 Å². The molecule has 1 fully saturated rings. The molecule has 0 spiro atoms. The largest absolute Gasteiger partial charge is 0.496 e. The van der Waals surface area contributed by atoms with Crippen molar-refractivity contribution in [3.63, 3.8) is 0 Å². The first-order chi connectivity index (χ1) is 17.0. The highest BCUT2D eigenvalue weighted by Gasteiger charge is 2.40. The molecule has 2 aromatic carbocycles. The maximum atomic E-state index is 13.5. The second-order valence-corrected chi connectivity index (χ2v) is 10.3. The second-order valence-electron chi connectivity index (χ2n) is 8.50. The van der Waals surface area contributed by atoms with Crippen LogP contribution in [0, 0.1) is 0 Å². The normalized spacial score (nSPS) is 19.3. The summed E-state index contributed by atoms with van der Waals surface area (Å²) in [4.78, 5) is 43.3. The molecule has 3 amide bonds. The number of anilines is 1. The Morgan fingerprint density at radius 2 is 2.06 bits per heavy atom. The summed E-state index contributed by atoms with van der Waals surface area (Å²) in [6.07, 6.45) is 2.87. The first-order valence-corrected chi connectivity index (χ1v) is 13.4. The number of carbonyl (C=O) groups excluding carboxylic acids is 3. The third-order valence-corrected chi connectivity index (χ3v) is 8.11. The van der Waals surface area contributed by atoms with Crippen LogP contribution in [0.4, 0.5) is 5.69 Å². The molecule has 9 heteroatoms. The number of ether oxygens (including phenoxy) is 1. The van der Waals surface area contributed by atoms with Crippen molar-refractivity contribution in [1.29, 1.82) is 0 Å². The molecule has 180 valence electrons. The van der Waals surface area contributed by atoms with E-state index < -0.39 is 6.04 Å². The van der Waals surface area contributed by atoms with Crippen molar-refractivity contribution in [3.05, 3.63) is 65.0 Å². The molecule has 2 N–H and O–H groups in total. The molecule has 7 nitrogen and oxygen atoms in total. The van der Waals surface area contributed by atoms with Crippen molar-refractivity contribution < 1.29 is 19.1 Å². The lowest BCUT2D eigenvalue weighted by molar-refractivity contribution is -0.121. The lowest BCUT2D eigenvalue weighted by Crippen LogP contribution is -2.55. The molecular formula is C26H25N3O4S2. The topological polar surface area (TPSA) is 87.7 Å². The van der Waals surface area contributed by atoms with Crippen LogP contribution < -0.4 is 15.4 Å². The summed E-state index contributed by atoms with van der Waals surface area (Å²) in [5.74, 6) is -0.147. The number of amides is 3. The number of fused-ring (bicyclic) bond motifs is 2. The maximum absolute atomic E-state index is 13.5. The number of benzene rings is 2. The predicted octanol–water partition coefficient (Wildman–Crippen LogP) is 4.50. The van der Waals surface area contributed by atoms with E-state index in [0.29, 0.717) is 42.0 Å². The Kier molecular flexibility index (Phi) is 6.53. The Labute approximate surface area is 211 Å². The fourth-order valence-corrected chi connectivity index (χ4v) is 5.79. The molecule has 0 aliphatic carbocycles. The molecule has 0 radical (unpaired) electrons. The van der Waals surface area contributed by atoms with Gasteiger partial charge in [-0.15, -0.1) is 23.1 Å². The number of carbonyl (C=O) groups is 3. The van der Waals surface area contributed by atoms with E-state index in [-0.39, 0.29) is 23.8 Å². The van der Waals surface area contributed by atoms with Crippen LogP contribution in [0.2, 0.25) is 0 Å². The van der Waals surface area contributed by atoms with Crippen molar-refractivity contribution in [2.75, 3.05) is 25.2 Å². The van der Waals surface area contributed by atoms with Crippen LogP contribution in [-0.2, 0) is 4.79 Å². The van der Waals surface area contributed by atoms with Crippen molar-refractivity contribution in [2.45, 2.75) is 29.8 Å². The summed E-state index contributed by atoms with van der Waals surface area (Å²) < 4.78 is 5.41. The number of nitrogens with one attached hydrogen (secondary N) is 2. The Hall–Kier alpha value is -3.30. The van der Waals surface area contributed by atoms with Crippen molar-refractivity contribution in [3.8, 4) is 16.2 Å². The van der Waals surface area contributed by atoms with E-state index in [1.165, 1.54) is 7.11 Å². The third-order valence-electron chi connectivity index (χ3n) is 6.47. The van der Waals surface area contributed by atoms with Gasteiger partial charge in [0.05, 0.1) is 23.9 Å². The van der Waals surface area contributed by atoms with Gasteiger partial charge in [0, 0.05) is 22.4 Å². The van der Waals surface area contributed by atoms with Gasteiger partial charge in [0.15, 0.2) is 0 Å². The number of methoxy groups -OCH3 is 1. The number of piperidine rings is 1. The van der Waals surface area contributed by atoms with Gasteiger partial charge in [-0.3, -0.25) is 14.4 Å². The van der Waals surface area contributed by atoms with Crippen LogP contribution in [0.15, 0.2) is 58.8 Å². The number of nitrogens with zero attached hydrogens (tertiary/aromatic N) is 1. The van der Waals surface area contributed by atoms with Gasteiger partial charge in [-0.1, -0.05) is 12.1 Å². The minimum Gasteiger partial charge on any atom is -0.496 e. The molecule has 2 aliphatic heterocycles. The zero-order valence-electron chi connectivity index (χ0n) is 19.4. The second kappa shape index (κ2) is 9.75. The van der Waals surface area contributed by atoms with Crippen LogP contribution in [0.25, 0.3) is 10.4 Å². The van der Waals surface area contributed by atoms with Crippen LogP contribution in [0.5, 0.6) is 5.75 Å². The minimum atomic E-state index is -0.653.